The number of aromatic nitrogens is 2. The summed E-state index contributed by atoms with van der Waals surface area (Å²) in [6.07, 6.45) is -2.12. The van der Waals surface area contributed by atoms with Crippen LogP contribution in [0.1, 0.15) is 28.8 Å². The van der Waals surface area contributed by atoms with Crippen LogP contribution in [0.25, 0.3) is 0 Å². The van der Waals surface area contributed by atoms with Crippen LogP contribution in [0.15, 0.2) is 36.4 Å². The summed E-state index contributed by atoms with van der Waals surface area (Å²) in [7, 11) is 0. The third kappa shape index (κ3) is 4.28. The second-order valence-electron chi connectivity index (χ2n) is 7.30. The van der Waals surface area contributed by atoms with E-state index in [2.05, 4.69) is 15.1 Å². The van der Waals surface area contributed by atoms with Crippen molar-refractivity contribution < 1.29 is 18.0 Å². The Morgan fingerprint density at radius 1 is 0.828 bits per heavy atom. The molecule has 0 atom stereocenters. The second-order valence-corrected chi connectivity index (χ2v) is 7.30. The van der Waals surface area contributed by atoms with Gasteiger partial charge in [0.05, 0.1) is 5.56 Å². The van der Waals surface area contributed by atoms with Crippen molar-refractivity contribution >= 4 is 17.5 Å². The van der Waals surface area contributed by atoms with Crippen LogP contribution in [0, 0.1) is 0 Å². The Labute approximate surface area is 166 Å². The molecular weight excluding hydrogens is 383 g/mol. The number of piperazine rings is 1. The number of amides is 1. The fraction of sp³-hybridized carbons (Fsp3) is 0.450. The molecule has 3 heterocycles. The lowest BCUT2D eigenvalue weighted by Crippen LogP contribution is -2.49. The van der Waals surface area contributed by atoms with E-state index in [4.69, 9.17) is 0 Å². The predicted octanol–water partition coefficient (Wildman–Crippen LogP) is 3.06. The summed E-state index contributed by atoms with van der Waals surface area (Å²) in [5.74, 6) is 1.25. The molecule has 0 spiro atoms. The average Bonchev–Trinajstić information content (AvgIpc) is 3.28. The van der Waals surface area contributed by atoms with Crippen molar-refractivity contribution in [1.29, 1.82) is 0 Å². The fourth-order valence-electron chi connectivity index (χ4n) is 3.75. The number of carbonyl (C=O) groups is 1. The summed E-state index contributed by atoms with van der Waals surface area (Å²) in [4.78, 5) is 18.5. The summed E-state index contributed by atoms with van der Waals surface area (Å²) in [5, 5.41) is 8.64. The molecule has 0 unspecified atom stereocenters. The first-order valence-electron chi connectivity index (χ1n) is 9.72. The fourth-order valence-corrected chi connectivity index (χ4v) is 3.75. The molecule has 154 valence electrons. The Hall–Kier alpha value is -2.84. The molecule has 0 saturated carbocycles. The van der Waals surface area contributed by atoms with E-state index in [0.717, 1.165) is 36.9 Å². The molecular formula is C20H22F3N5O. The molecule has 0 aliphatic carbocycles. The molecule has 1 aromatic carbocycles. The molecule has 2 aromatic rings. The SMILES string of the molecule is O=C(c1cccc(C(F)(F)F)c1)N1CCN(c2ccc(N3CCCC3)nn2)CC1. The van der Waals surface area contributed by atoms with Gasteiger partial charge in [-0.05, 0) is 43.2 Å². The van der Waals surface area contributed by atoms with E-state index in [0.29, 0.717) is 26.2 Å². The zero-order valence-electron chi connectivity index (χ0n) is 15.9. The maximum absolute atomic E-state index is 12.9. The minimum absolute atomic E-state index is 0.0584. The van der Waals surface area contributed by atoms with E-state index in [1.165, 1.54) is 25.0 Å². The smallest absolute Gasteiger partial charge is 0.355 e. The van der Waals surface area contributed by atoms with Crippen molar-refractivity contribution in [3.8, 4) is 0 Å². The van der Waals surface area contributed by atoms with Gasteiger partial charge in [-0.3, -0.25) is 4.79 Å². The number of hydrogen-bond acceptors (Lipinski definition) is 5. The molecule has 0 N–H and O–H groups in total. The topological polar surface area (TPSA) is 52.6 Å². The van der Waals surface area contributed by atoms with E-state index in [1.54, 1.807) is 4.90 Å². The summed E-state index contributed by atoms with van der Waals surface area (Å²) in [6.45, 7) is 3.97. The van der Waals surface area contributed by atoms with E-state index >= 15 is 0 Å². The predicted molar refractivity (Wildman–Crippen MR) is 103 cm³/mol. The van der Waals surface area contributed by atoms with Crippen molar-refractivity contribution in [3.05, 3.63) is 47.5 Å². The van der Waals surface area contributed by atoms with Crippen molar-refractivity contribution in [3.63, 3.8) is 0 Å². The van der Waals surface area contributed by atoms with E-state index in [1.807, 2.05) is 17.0 Å². The van der Waals surface area contributed by atoms with Crippen molar-refractivity contribution in [2.45, 2.75) is 19.0 Å². The molecule has 2 saturated heterocycles. The number of carbonyl (C=O) groups excluding carboxylic acids is 1. The van der Waals surface area contributed by atoms with Gasteiger partial charge in [0.1, 0.15) is 0 Å². The Kier molecular flexibility index (Phi) is 5.29. The molecule has 1 aromatic heterocycles. The lowest BCUT2D eigenvalue weighted by Gasteiger charge is -2.35. The standard InChI is InChI=1S/C20H22F3N5O/c21-20(22,23)16-5-3-4-15(14-16)19(29)28-12-10-27(11-13-28)18-7-6-17(24-25-18)26-8-1-2-9-26/h3-7,14H,1-2,8-13H2. The van der Waals surface area contributed by atoms with Crippen LogP contribution in [-0.4, -0.2) is 60.3 Å². The van der Waals surface area contributed by atoms with Gasteiger partial charge < -0.3 is 14.7 Å². The Morgan fingerprint density at radius 2 is 1.41 bits per heavy atom. The highest BCUT2D eigenvalue weighted by Gasteiger charge is 2.32. The van der Waals surface area contributed by atoms with Crippen LogP contribution >= 0.6 is 0 Å². The monoisotopic (exact) mass is 405 g/mol. The molecule has 0 radical (unpaired) electrons. The Balaban J connectivity index is 1.37. The van der Waals surface area contributed by atoms with Crippen LogP contribution in [0.3, 0.4) is 0 Å². The minimum atomic E-state index is -4.46. The van der Waals surface area contributed by atoms with Gasteiger partial charge in [0.15, 0.2) is 11.6 Å². The van der Waals surface area contributed by atoms with Crippen LogP contribution < -0.4 is 9.80 Å². The van der Waals surface area contributed by atoms with Crippen LogP contribution in [0.5, 0.6) is 0 Å². The molecule has 0 bridgehead atoms. The van der Waals surface area contributed by atoms with E-state index in [9.17, 15) is 18.0 Å². The van der Waals surface area contributed by atoms with Crippen LogP contribution in [0.4, 0.5) is 24.8 Å². The van der Waals surface area contributed by atoms with Crippen molar-refractivity contribution in [1.82, 2.24) is 15.1 Å². The minimum Gasteiger partial charge on any atom is -0.355 e. The molecule has 6 nitrogen and oxygen atoms in total. The zero-order chi connectivity index (χ0) is 20.4. The first kappa shape index (κ1) is 19.5. The van der Waals surface area contributed by atoms with Crippen LogP contribution in [0.2, 0.25) is 0 Å². The van der Waals surface area contributed by atoms with Crippen molar-refractivity contribution in [2.24, 2.45) is 0 Å². The summed E-state index contributed by atoms with van der Waals surface area (Å²) in [5.41, 5.74) is -0.751. The van der Waals surface area contributed by atoms with Gasteiger partial charge in [0, 0.05) is 44.8 Å². The second kappa shape index (κ2) is 7.88. The van der Waals surface area contributed by atoms with Gasteiger partial charge in [-0.1, -0.05) is 6.07 Å². The highest BCUT2D eigenvalue weighted by molar-refractivity contribution is 5.94. The summed E-state index contributed by atoms with van der Waals surface area (Å²) < 4.78 is 38.7. The highest BCUT2D eigenvalue weighted by atomic mass is 19.4. The first-order chi connectivity index (χ1) is 13.9. The molecule has 2 aliphatic heterocycles. The first-order valence-corrected chi connectivity index (χ1v) is 9.72. The number of alkyl halides is 3. The van der Waals surface area contributed by atoms with Gasteiger partial charge in [-0.25, -0.2) is 0 Å². The van der Waals surface area contributed by atoms with Crippen molar-refractivity contribution in [2.75, 3.05) is 49.1 Å². The number of anilines is 2. The summed E-state index contributed by atoms with van der Waals surface area (Å²) in [6, 6.07) is 8.48. The van der Waals surface area contributed by atoms with E-state index in [-0.39, 0.29) is 11.5 Å². The molecule has 9 heteroatoms. The lowest BCUT2D eigenvalue weighted by atomic mass is 10.1. The average molecular weight is 405 g/mol. The number of nitrogens with zero attached hydrogens (tertiary/aromatic N) is 5. The van der Waals surface area contributed by atoms with Crippen LogP contribution in [-0.2, 0) is 6.18 Å². The third-order valence-corrected chi connectivity index (χ3v) is 5.39. The van der Waals surface area contributed by atoms with E-state index < -0.39 is 11.7 Å². The summed E-state index contributed by atoms with van der Waals surface area (Å²) >= 11 is 0. The largest absolute Gasteiger partial charge is 0.416 e. The quantitative estimate of drug-likeness (QED) is 0.786. The molecule has 29 heavy (non-hydrogen) atoms. The van der Waals surface area contributed by atoms with Gasteiger partial charge in [-0.15, -0.1) is 10.2 Å². The number of halogens is 3. The molecule has 2 aliphatic rings. The number of benzene rings is 1. The Morgan fingerprint density at radius 3 is 1.97 bits per heavy atom. The number of rotatable bonds is 3. The van der Waals surface area contributed by atoms with Gasteiger partial charge in [0.25, 0.3) is 5.91 Å². The zero-order valence-corrected chi connectivity index (χ0v) is 15.9. The Bertz CT molecular complexity index is 857. The molecule has 4 rings (SSSR count). The maximum atomic E-state index is 12.9. The highest BCUT2D eigenvalue weighted by Crippen LogP contribution is 2.30. The third-order valence-electron chi connectivity index (χ3n) is 5.39. The maximum Gasteiger partial charge on any atom is 0.416 e. The van der Waals surface area contributed by atoms with Gasteiger partial charge in [0.2, 0.25) is 0 Å². The molecule has 1 amide bonds. The normalized spacial score (nSPS) is 17.7. The number of hydrogen-bond donors (Lipinski definition) is 0. The molecule has 2 fully saturated rings. The van der Waals surface area contributed by atoms with Gasteiger partial charge in [-0.2, -0.15) is 13.2 Å². The van der Waals surface area contributed by atoms with Gasteiger partial charge >= 0.3 is 6.18 Å². The lowest BCUT2D eigenvalue weighted by molar-refractivity contribution is -0.137.